The van der Waals surface area contributed by atoms with Crippen molar-refractivity contribution in [2.24, 2.45) is 0 Å². The maximum absolute atomic E-state index is 12.5. The van der Waals surface area contributed by atoms with Crippen LogP contribution in [0.25, 0.3) is 0 Å². The van der Waals surface area contributed by atoms with Crippen LogP contribution in [0.15, 0.2) is 24.3 Å². The van der Waals surface area contributed by atoms with Crippen molar-refractivity contribution in [2.75, 3.05) is 6.54 Å². The Hall–Kier alpha value is -1.17. The molecule has 1 N–H and O–H groups in total. The molecular formula is C10H10F5N. The fourth-order valence-corrected chi connectivity index (χ4v) is 1.27. The molecule has 0 fully saturated rings. The second-order valence-corrected chi connectivity index (χ2v) is 3.18. The average Bonchev–Trinajstić information content (AvgIpc) is 2.16. The van der Waals surface area contributed by atoms with E-state index in [0.29, 0.717) is 0 Å². The van der Waals surface area contributed by atoms with E-state index in [0.717, 1.165) is 6.07 Å². The molecule has 6 heteroatoms. The minimum atomic E-state index is -4.46. The number of hydrogen-bond donors (Lipinski definition) is 1. The van der Waals surface area contributed by atoms with Crippen LogP contribution in [0.5, 0.6) is 0 Å². The Bertz CT molecular complexity index is 334. The fraction of sp³-hybridized carbons (Fsp3) is 0.400. The highest BCUT2D eigenvalue weighted by atomic mass is 19.4. The molecule has 0 unspecified atom stereocenters. The lowest BCUT2D eigenvalue weighted by Gasteiger charge is -2.12. The van der Waals surface area contributed by atoms with E-state index in [2.05, 4.69) is 5.32 Å². The lowest BCUT2D eigenvalue weighted by atomic mass is 10.1. The standard InChI is InChI=1S/C10H10F5N/c11-9(12)6-16-5-7-3-1-2-4-8(7)10(13,14)15/h1-4,9,16H,5-6H2. The van der Waals surface area contributed by atoms with Crippen LogP contribution in [0.1, 0.15) is 11.1 Å². The van der Waals surface area contributed by atoms with Gasteiger partial charge in [0, 0.05) is 6.54 Å². The predicted octanol–water partition coefficient (Wildman–Crippen LogP) is 3.06. The number of rotatable bonds is 4. The van der Waals surface area contributed by atoms with Crippen molar-refractivity contribution >= 4 is 0 Å². The summed E-state index contributed by atoms with van der Waals surface area (Å²) >= 11 is 0. The molecule has 0 bridgehead atoms. The highest BCUT2D eigenvalue weighted by Gasteiger charge is 2.32. The van der Waals surface area contributed by atoms with Gasteiger partial charge in [-0.1, -0.05) is 18.2 Å². The molecule has 1 rings (SSSR count). The molecule has 90 valence electrons. The molecule has 0 aliphatic rings. The molecular weight excluding hydrogens is 229 g/mol. The third-order valence-electron chi connectivity index (χ3n) is 1.94. The second-order valence-electron chi connectivity index (χ2n) is 3.18. The van der Waals surface area contributed by atoms with Crippen LogP contribution in [-0.2, 0) is 12.7 Å². The Morgan fingerprint density at radius 1 is 1.12 bits per heavy atom. The number of alkyl halides is 5. The van der Waals surface area contributed by atoms with Crippen molar-refractivity contribution in [1.82, 2.24) is 5.32 Å². The van der Waals surface area contributed by atoms with Gasteiger partial charge in [0.15, 0.2) is 0 Å². The van der Waals surface area contributed by atoms with Gasteiger partial charge < -0.3 is 5.32 Å². The first-order valence-corrected chi connectivity index (χ1v) is 4.55. The van der Waals surface area contributed by atoms with E-state index >= 15 is 0 Å². The third kappa shape index (κ3) is 3.77. The lowest BCUT2D eigenvalue weighted by Crippen LogP contribution is -2.22. The van der Waals surface area contributed by atoms with E-state index in [1.807, 2.05) is 0 Å². The number of hydrogen-bond acceptors (Lipinski definition) is 1. The molecule has 1 nitrogen and oxygen atoms in total. The molecule has 1 aromatic rings. The van der Waals surface area contributed by atoms with Crippen LogP contribution in [0.4, 0.5) is 22.0 Å². The van der Waals surface area contributed by atoms with Gasteiger partial charge in [0.05, 0.1) is 12.1 Å². The molecule has 0 heterocycles. The summed E-state index contributed by atoms with van der Waals surface area (Å²) < 4.78 is 60.9. The van der Waals surface area contributed by atoms with Crippen molar-refractivity contribution in [3.63, 3.8) is 0 Å². The maximum atomic E-state index is 12.5. The smallest absolute Gasteiger partial charge is 0.307 e. The Labute approximate surface area is 89.3 Å². The van der Waals surface area contributed by atoms with Crippen molar-refractivity contribution in [3.05, 3.63) is 35.4 Å². The summed E-state index contributed by atoms with van der Waals surface area (Å²) in [4.78, 5) is 0. The Morgan fingerprint density at radius 2 is 1.75 bits per heavy atom. The van der Waals surface area contributed by atoms with Gasteiger partial charge in [-0.25, -0.2) is 8.78 Å². The summed E-state index contributed by atoms with van der Waals surface area (Å²) in [6.45, 7) is -0.841. The summed E-state index contributed by atoms with van der Waals surface area (Å²) in [7, 11) is 0. The molecule has 0 aliphatic heterocycles. The first-order valence-electron chi connectivity index (χ1n) is 4.55. The van der Waals surface area contributed by atoms with E-state index in [-0.39, 0.29) is 12.1 Å². The Kier molecular flexibility index (Phi) is 4.23. The number of benzene rings is 1. The normalized spacial score (nSPS) is 12.1. The lowest BCUT2D eigenvalue weighted by molar-refractivity contribution is -0.138. The molecule has 0 saturated heterocycles. The van der Waals surface area contributed by atoms with Gasteiger partial charge in [-0.2, -0.15) is 13.2 Å². The van der Waals surface area contributed by atoms with Gasteiger partial charge >= 0.3 is 6.18 Å². The summed E-state index contributed by atoms with van der Waals surface area (Å²) in [5.41, 5.74) is -0.826. The van der Waals surface area contributed by atoms with Crippen LogP contribution in [-0.4, -0.2) is 13.0 Å². The zero-order valence-electron chi connectivity index (χ0n) is 8.19. The van der Waals surface area contributed by atoms with E-state index in [1.54, 1.807) is 0 Å². The zero-order valence-corrected chi connectivity index (χ0v) is 8.19. The molecule has 0 aliphatic carbocycles. The largest absolute Gasteiger partial charge is 0.416 e. The van der Waals surface area contributed by atoms with Gasteiger partial charge in [0.1, 0.15) is 0 Å². The molecule has 1 aromatic carbocycles. The highest BCUT2D eigenvalue weighted by Crippen LogP contribution is 2.31. The number of nitrogens with one attached hydrogen (secondary N) is 1. The minimum absolute atomic E-state index is 0.0318. The minimum Gasteiger partial charge on any atom is -0.307 e. The molecule has 0 spiro atoms. The number of halogens is 5. The summed E-state index contributed by atoms with van der Waals surface area (Å²) in [6.07, 6.45) is -7.03. The topological polar surface area (TPSA) is 12.0 Å². The monoisotopic (exact) mass is 239 g/mol. The van der Waals surface area contributed by atoms with Crippen LogP contribution in [0.3, 0.4) is 0 Å². The first kappa shape index (κ1) is 12.9. The molecule has 0 aromatic heterocycles. The SMILES string of the molecule is FC(F)CNCc1ccccc1C(F)(F)F. The van der Waals surface area contributed by atoms with Crippen molar-refractivity contribution in [2.45, 2.75) is 19.1 Å². The fourth-order valence-electron chi connectivity index (χ4n) is 1.27. The second kappa shape index (κ2) is 5.25. The van der Waals surface area contributed by atoms with Crippen molar-refractivity contribution in [1.29, 1.82) is 0 Å². The molecule has 0 radical (unpaired) electrons. The molecule has 0 saturated carbocycles. The van der Waals surface area contributed by atoms with E-state index in [4.69, 9.17) is 0 Å². The highest BCUT2D eigenvalue weighted by molar-refractivity contribution is 5.29. The predicted molar refractivity (Wildman–Crippen MR) is 49.2 cm³/mol. The third-order valence-corrected chi connectivity index (χ3v) is 1.94. The van der Waals surface area contributed by atoms with Crippen molar-refractivity contribution < 1.29 is 22.0 Å². The Morgan fingerprint density at radius 3 is 2.31 bits per heavy atom. The van der Waals surface area contributed by atoms with E-state index in [9.17, 15) is 22.0 Å². The summed E-state index contributed by atoms with van der Waals surface area (Å²) in [5, 5.41) is 2.26. The maximum Gasteiger partial charge on any atom is 0.416 e. The molecule has 16 heavy (non-hydrogen) atoms. The van der Waals surface area contributed by atoms with Crippen LogP contribution in [0.2, 0.25) is 0 Å². The average molecular weight is 239 g/mol. The summed E-state index contributed by atoms with van der Waals surface area (Å²) in [6, 6.07) is 4.90. The summed E-state index contributed by atoms with van der Waals surface area (Å²) in [5.74, 6) is 0. The van der Waals surface area contributed by atoms with E-state index < -0.39 is 24.7 Å². The van der Waals surface area contributed by atoms with Gasteiger partial charge in [0.25, 0.3) is 6.43 Å². The molecule has 0 atom stereocenters. The van der Waals surface area contributed by atoms with Crippen LogP contribution >= 0.6 is 0 Å². The quantitative estimate of drug-likeness (QED) is 0.796. The Balaban J connectivity index is 2.72. The zero-order chi connectivity index (χ0) is 12.2. The first-order chi connectivity index (χ1) is 7.41. The van der Waals surface area contributed by atoms with Gasteiger partial charge in [-0.3, -0.25) is 0 Å². The van der Waals surface area contributed by atoms with Crippen molar-refractivity contribution in [3.8, 4) is 0 Å². The van der Waals surface area contributed by atoms with Gasteiger partial charge in [-0.05, 0) is 11.6 Å². The molecule has 0 amide bonds. The van der Waals surface area contributed by atoms with E-state index in [1.165, 1.54) is 18.2 Å². The van der Waals surface area contributed by atoms with Gasteiger partial charge in [-0.15, -0.1) is 0 Å². The van der Waals surface area contributed by atoms with Gasteiger partial charge in [0.2, 0.25) is 0 Å². The van der Waals surface area contributed by atoms with Crippen LogP contribution < -0.4 is 5.32 Å². The van der Waals surface area contributed by atoms with Crippen LogP contribution in [0, 0.1) is 0 Å².